The molecule has 1 fully saturated rings. The van der Waals surface area contributed by atoms with E-state index in [1.54, 1.807) is 11.0 Å². The molecule has 1 atom stereocenters. The number of hydrogen-bond donors (Lipinski definition) is 0. The molecule has 4 heteroatoms. The molecule has 0 unspecified atom stereocenters. The summed E-state index contributed by atoms with van der Waals surface area (Å²) < 4.78 is 5.17. The van der Waals surface area contributed by atoms with E-state index in [2.05, 4.69) is 0 Å². The van der Waals surface area contributed by atoms with Crippen molar-refractivity contribution >= 4 is 11.7 Å². The van der Waals surface area contributed by atoms with Gasteiger partial charge in [0.1, 0.15) is 5.76 Å². The summed E-state index contributed by atoms with van der Waals surface area (Å²) in [6.45, 7) is 0.456. The lowest BCUT2D eigenvalue weighted by Gasteiger charge is -2.27. The maximum Gasteiger partial charge on any atom is 0.223 e. The Kier molecular flexibility index (Phi) is 1.37. The molecule has 14 heavy (non-hydrogen) atoms. The van der Waals surface area contributed by atoms with Gasteiger partial charge in [0.15, 0.2) is 5.78 Å². The normalized spacial score (nSPS) is 25.1. The molecular weight excluding hydrogens is 182 g/mol. The zero-order chi connectivity index (χ0) is 9.71. The van der Waals surface area contributed by atoms with Gasteiger partial charge in [-0.15, -0.1) is 0 Å². The fourth-order valence-corrected chi connectivity index (χ4v) is 2.22. The molecule has 0 bridgehead atoms. The highest BCUT2D eigenvalue weighted by Crippen LogP contribution is 2.31. The van der Waals surface area contributed by atoms with Crippen molar-refractivity contribution in [3.63, 3.8) is 0 Å². The summed E-state index contributed by atoms with van der Waals surface area (Å²) in [7, 11) is 0. The van der Waals surface area contributed by atoms with E-state index in [-0.39, 0.29) is 17.7 Å². The molecule has 2 aliphatic heterocycles. The molecule has 2 aliphatic rings. The first-order valence-electron chi connectivity index (χ1n) is 4.67. The first-order valence-corrected chi connectivity index (χ1v) is 4.67. The van der Waals surface area contributed by atoms with E-state index in [1.165, 1.54) is 6.26 Å². The minimum Gasteiger partial charge on any atom is -0.467 e. The van der Waals surface area contributed by atoms with Gasteiger partial charge in [-0.3, -0.25) is 9.59 Å². The molecule has 72 valence electrons. The zero-order valence-electron chi connectivity index (χ0n) is 7.53. The summed E-state index contributed by atoms with van der Waals surface area (Å²) >= 11 is 0. The van der Waals surface area contributed by atoms with Gasteiger partial charge in [-0.2, -0.15) is 0 Å². The van der Waals surface area contributed by atoms with Crippen LogP contribution < -0.4 is 0 Å². The Hall–Kier alpha value is -1.58. The summed E-state index contributed by atoms with van der Waals surface area (Å²) in [5, 5.41) is 0. The average Bonchev–Trinajstić information content (AvgIpc) is 2.75. The number of ketones is 1. The number of Topliss-reactive ketones (excluding diaryl/α,β-unsaturated/α-hetero) is 1. The highest BCUT2D eigenvalue weighted by Gasteiger charge is 2.41. The second-order valence-corrected chi connectivity index (χ2v) is 3.70. The largest absolute Gasteiger partial charge is 0.467 e. The van der Waals surface area contributed by atoms with Gasteiger partial charge < -0.3 is 9.32 Å². The van der Waals surface area contributed by atoms with E-state index in [1.807, 2.05) is 0 Å². The lowest BCUT2D eigenvalue weighted by molar-refractivity contribution is -0.129. The molecule has 0 spiro atoms. The van der Waals surface area contributed by atoms with Crippen LogP contribution in [0.5, 0.6) is 0 Å². The molecule has 0 saturated carbocycles. The Labute approximate surface area is 80.5 Å². The number of rotatable bonds is 0. The first-order chi connectivity index (χ1) is 6.77. The molecular formula is C10H9NO3. The van der Waals surface area contributed by atoms with Crippen molar-refractivity contribution in [3.05, 3.63) is 23.7 Å². The zero-order valence-corrected chi connectivity index (χ0v) is 7.53. The molecule has 1 aromatic heterocycles. The Bertz CT molecular complexity index is 421. The number of amides is 1. The topological polar surface area (TPSA) is 50.5 Å². The highest BCUT2D eigenvalue weighted by molar-refractivity contribution is 6.05. The van der Waals surface area contributed by atoms with Crippen LogP contribution in [-0.2, 0) is 11.3 Å². The third-order valence-electron chi connectivity index (χ3n) is 2.96. The van der Waals surface area contributed by atoms with Crippen molar-refractivity contribution in [2.45, 2.75) is 25.4 Å². The Morgan fingerprint density at radius 1 is 1.43 bits per heavy atom. The minimum atomic E-state index is -0.229. The molecule has 3 heterocycles. The Morgan fingerprint density at radius 3 is 3.14 bits per heavy atom. The molecule has 0 aliphatic carbocycles. The molecule has 0 N–H and O–H groups in total. The fourth-order valence-electron chi connectivity index (χ4n) is 2.22. The molecule has 1 amide bonds. The first kappa shape index (κ1) is 7.79. The number of hydrogen-bond acceptors (Lipinski definition) is 3. The average molecular weight is 191 g/mol. The monoisotopic (exact) mass is 191 g/mol. The van der Waals surface area contributed by atoms with Crippen LogP contribution in [0.4, 0.5) is 0 Å². The maximum absolute atomic E-state index is 11.9. The lowest BCUT2D eigenvalue weighted by atomic mass is 9.99. The smallest absolute Gasteiger partial charge is 0.223 e. The molecule has 0 aromatic carbocycles. The van der Waals surface area contributed by atoms with Gasteiger partial charge in [0, 0.05) is 6.42 Å². The van der Waals surface area contributed by atoms with Crippen molar-refractivity contribution < 1.29 is 14.0 Å². The molecule has 3 rings (SSSR count). The van der Waals surface area contributed by atoms with E-state index >= 15 is 0 Å². The van der Waals surface area contributed by atoms with Crippen molar-refractivity contribution in [2.75, 3.05) is 0 Å². The SMILES string of the molecule is O=C1c2ccoc2CN2C(=O)CC[C@@H]12. The van der Waals surface area contributed by atoms with Crippen LogP contribution in [0, 0.1) is 0 Å². The van der Waals surface area contributed by atoms with Gasteiger partial charge in [-0.25, -0.2) is 0 Å². The van der Waals surface area contributed by atoms with Crippen LogP contribution in [0.2, 0.25) is 0 Å². The predicted octanol–water partition coefficient (Wildman–Crippen LogP) is 0.967. The Balaban J connectivity index is 2.09. The molecule has 1 saturated heterocycles. The van der Waals surface area contributed by atoms with Crippen LogP contribution >= 0.6 is 0 Å². The van der Waals surface area contributed by atoms with E-state index in [4.69, 9.17) is 4.42 Å². The van der Waals surface area contributed by atoms with Gasteiger partial charge in [0.25, 0.3) is 0 Å². The van der Waals surface area contributed by atoms with Gasteiger partial charge in [-0.05, 0) is 12.5 Å². The Morgan fingerprint density at radius 2 is 2.29 bits per heavy atom. The van der Waals surface area contributed by atoms with Gasteiger partial charge in [0.05, 0.1) is 24.4 Å². The number of carbonyl (C=O) groups is 2. The van der Waals surface area contributed by atoms with Crippen molar-refractivity contribution in [3.8, 4) is 0 Å². The lowest BCUT2D eigenvalue weighted by Crippen LogP contribution is -2.41. The number of nitrogens with zero attached hydrogens (tertiary/aromatic N) is 1. The van der Waals surface area contributed by atoms with Crippen LogP contribution in [-0.4, -0.2) is 22.6 Å². The van der Waals surface area contributed by atoms with E-state index in [0.717, 1.165) is 0 Å². The summed E-state index contributed by atoms with van der Waals surface area (Å²) in [5.41, 5.74) is 0.654. The molecule has 4 nitrogen and oxygen atoms in total. The van der Waals surface area contributed by atoms with Crippen molar-refractivity contribution in [1.29, 1.82) is 0 Å². The summed E-state index contributed by atoms with van der Waals surface area (Å²) in [4.78, 5) is 24.9. The predicted molar refractivity (Wildman–Crippen MR) is 46.6 cm³/mol. The minimum absolute atomic E-state index is 0.0332. The third kappa shape index (κ3) is 0.828. The number of furan rings is 1. The van der Waals surface area contributed by atoms with Crippen LogP contribution in [0.3, 0.4) is 0 Å². The summed E-state index contributed by atoms with van der Waals surface area (Å²) in [6.07, 6.45) is 2.65. The third-order valence-corrected chi connectivity index (χ3v) is 2.96. The van der Waals surface area contributed by atoms with Crippen molar-refractivity contribution in [1.82, 2.24) is 4.90 Å². The van der Waals surface area contributed by atoms with Gasteiger partial charge >= 0.3 is 0 Å². The van der Waals surface area contributed by atoms with E-state index in [0.29, 0.717) is 30.7 Å². The van der Waals surface area contributed by atoms with Crippen LogP contribution in [0.25, 0.3) is 0 Å². The van der Waals surface area contributed by atoms with Crippen molar-refractivity contribution in [2.24, 2.45) is 0 Å². The second kappa shape index (κ2) is 2.47. The second-order valence-electron chi connectivity index (χ2n) is 3.70. The fraction of sp³-hybridized carbons (Fsp3) is 0.400. The number of fused-ring (bicyclic) bond motifs is 2. The quantitative estimate of drug-likeness (QED) is 0.613. The standard InChI is InChI=1S/C10H9NO3/c12-9-2-1-7-10(13)6-3-4-14-8(6)5-11(7)9/h3-4,7H,1-2,5H2/t7-/m0/s1. The van der Waals surface area contributed by atoms with Crippen LogP contribution in [0.15, 0.2) is 16.7 Å². The maximum atomic E-state index is 11.9. The van der Waals surface area contributed by atoms with E-state index < -0.39 is 0 Å². The number of carbonyl (C=O) groups excluding carboxylic acids is 2. The van der Waals surface area contributed by atoms with Gasteiger partial charge in [-0.1, -0.05) is 0 Å². The summed E-state index contributed by atoms with van der Waals surface area (Å²) in [5.74, 6) is 0.720. The van der Waals surface area contributed by atoms with Gasteiger partial charge in [0.2, 0.25) is 5.91 Å². The molecule has 0 radical (unpaired) electrons. The van der Waals surface area contributed by atoms with E-state index in [9.17, 15) is 9.59 Å². The molecule has 1 aromatic rings. The highest BCUT2D eigenvalue weighted by atomic mass is 16.3. The van der Waals surface area contributed by atoms with Crippen LogP contribution in [0.1, 0.15) is 29.0 Å². The summed E-state index contributed by atoms with van der Waals surface area (Å²) in [6, 6.07) is 1.46.